The number of carbonyl (C=O) groups is 2. The number of thiazole rings is 1. The van der Waals surface area contributed by atoms with Crippen LogP contribution < -0.4 is 0 Å². The fraction of sp³-hybridized carbons (Fsp3) is 0.690. The van der Waals surface area contributed by atoms with Crippen LogP contribution in [0.2, 0.25) is 0 Å². The van der Waals surface area contributed by atoms with Gasteiger partial charge in [0.25, 0.3) is 0 Å². The minimum absolute atomic E-state index is 0.0433. The van der Waals surface area contributed by atoms with Crippen molar-refractivity contribution in [3.63, 3.8) is 0 Å². The molecule has 1 aromatic heterocycles. The molecule has 1 aromatic carbocycles. The maximum Gasteiger partial charge on any atom is 0.306 e. The molecule has 1 saturated carbocycles. The third-order valence-electron chi connectivity index (χ3n) is 12.3. The van der Waals surface area contributed by atoms with Crippen LogP contribution in [0.15, 0.2) is 40.4 Å². The highest BCUT2D eigenvalue weighted by Gasteiger charge is 2.56. The molecule has 2 fully saturated rings. The van der Waals surface area contributed by atoms with E-state index in [1.54, 1.807) is 39.8 Å². The van der Waals surface area contributed by atoms with E-state index in [-0.39, 0.29) is 77.9 Å². The second kappa shape index (κ2) is 17.9. The monoisotopic (exact) mass is 815 g/mol. The van der Waals surface area contributed by atoms with Gasteiger partial charge in [-0.1, -0.05) is 68.3 Å². The van der Waals surface area contributed by atoms with Gasteiger partial charge in [0.15, 0.2) is 12.1 Å². The lowest BCUT2D eigenvalue weighted by molar-refractivity contribution is -0.246. The number of esters is 1. The van der Waals surface area contributed by atoms with Gasteiger partial charge in [0.05, 0.1) is 24.3 Å². The molecule has 2 aromatic rings. The van der Waals surface area contributed by atoms with Crippen molar-refractivity contribution in [2.24, 2.45) is 29.6 Å². The number of halogens is 1. The number of carbonyl (C=O) groups excluding carboxylic acids is 2. The Bertz CT molecular complexity index is 1590. The van der Waals surface area contributed by atoms with Gasteiger partial charge in [-0.15, -0.1) is 11.3 Å². The van der Waals surface area contributed by atoms with Gasteiger partial charge in [-0.25, -0.2) is 4.98 Å². The number of Topliss-reactive ketones (excluding diaryl/α,β-unsaturated/α-hetero) is 1. The summed E-state index contributed by atoms with van der Waals surface area (Å²) in [5, 5.41) is 0.956. The quantitative estimate of drug-likeness (QED) is 0.154. The number of fused-ring (bicyclic) bond motifs is 8. The average molecular weight is 817 g/mol. The normalized spacial score (nSPS) is 31.2. The Balaban J connectivity index is 1.37. The van der Waals surface area contributed by atoms with Crippen LogP contribution in [0.25, 0.3) is 10.6 Å². The standard InChI is InChI=1S/C42H58BrNO8S/c1-9-26-13-11-10-12-23(4)36(46)31-20-29-28-18-27(52-42(50-8)39(49-7)38(48-6)37(47-5)22(2)3)19-32(28)40-35(34(29)30(31)21-33(45)51-26)44-41(53-40)24-14-16-25(43)17-15-24/h14-17,20,22-23,26-30,32,34,37-39,42H,9-13,18-19,21H2,1-8H3/t23-,26+,27+,28+,29+,30-,32?,34-,37?,38?,39?,42?/m1/s1. The molecule has 53 heavy (non-hydrogen) atoms. The summed E-state index contributed by atoms with van der Waals surface area (Å²) in [7, 11) is 6.66. The van der Waals surface area contributed by atoms with E-state index < -0.39 is 18.5 Å². The molecule has 12 atom stereocenters. The zero-order chi connectivity index (χ0) is 38.0. The first-order valence-corrected chi connectivity index (χ1v) is 21.1. The van der Waals surface area contributed by atoms with Crippen LogP contribution >= 0.6 is 27.3 Å². The molecular formula is C42H58BrNO8S. The summed E-state index contributed by atoms with van der Waals surface area (Å²) < 4.78 is 37.8. The van der Waals surface area contributed by atoms with Gasteiger partial charge in [-0.2, -0.15) is 0 Å². The fourth-order valence-electron chi connectivity index (χ4n) is 9.68. The molecule has 292 valence electrons. The van der Waals surface area contributed by atoms with Crippen LogP contribution in [-0.2, 0) is 38.0 Å². The van der Waals surface area contributed by atoms with Gasteiger partial charge in [0, 0.05) is 67.0 Å². The molecule has 0 radical (unpaired) electrons. The number of nitrogens with zero attached hydrogens (tertiary/aromatic N) is 1. The van der Waals surface area contributed by atoms with Crippen molar-refractivity contribution in [1.29, 1.82) is 0 Å². The Hall–Kier alpha value is -1.99. The summed E-state index contributed by atoms with van der Waals surface area (Å²) in [5.41, 5.74) is 2.88. The summed E-state index contributed by atoms with van der Waals surface area (Å²) in [6, 6.07) is 8.27. The van der Waals surface area contributed by atoms with Crippen LogP contribution in [-0.4, -0.2) is 82.0 Å². The van der Waals surface area contributed by atoms with Crippen LogP contribution in [0.3, 0.4) is 0 Å². The number of hydrogen-bond donors (Lipinski definition) is 0. The van der Waals surface area contributed by atoms with E-state index in [2.05, 4.69) is 61.8 Å². The van der Waals surface area contributed by atoms with Crippen LogP contribution in [0.5, 0.6) is 0 Å². The zero-order valence-electron chi connectivity index (χ0n) is 32.5. The van der Waals surface area contributed by atoms with Crippen molar-refractivity contribution in [3.05, 3.63) is 51.0 Å². The largest absolute Gasteiger partial charge is 0.462 e. The number of ketones is 1. The number of ether oxygens (including phenoxy) is 6. The number of benzene rings is 1. The molecule has 2 heterocycles. The minimum atomic E-state index is -0.692. The molecule has 4 aliphatic rings. The Morgan fingerprint density at radius 2 is 1.62 bits per heavy atom. The topological polar surface area (TPSA) is 102 Å². The Morgan fingerprint density at radius 3 is 2.26 bits per heavy atom. The van der Waals surface area contributed by atoms with Gasteiger partial charge in [-0.3, -0.25) is 9.59 Å². The summed E-state index contributed by atoms with van der Waals surface area (Å²) in [5.74, 6) is 0.0768. The predicted octanol–water partition coefficient (Wildman–Crippen LogP) is 8.89. The molecule has 0 N–H and O–H groups in total. The maximum atomic E-state index is 14.3. The highest BCUT2D eigenvalue weighted by atomic mass is 79.9. The lowest BCUT2D eigenvalue weighted by atomic mass is 9.67. The van der Waals surface area contributed by atoms with Crippen molar-refractivity contribution in [1.82, 2.24) is 4.98 Å². The first-order valence-electron chi connectivity index (χ1n) is 19.5. The van der Waals surface area contributed by atoms with E-state index in [9.17, 15) is 9.59 Å². The third-order valence-corrected chi connectivity index (χ3v) is 14.1. The lowest BCUT2D eigenvalue weighted by Gasteiger charge is -2.37. The van der Waals surface area contributed by atoms with E-state index >= 15 is 0 Å². The fourth-order valence-corrected chi connectivity index (χ4v) is 11.3. The van der Waals surface area contributed by atoms with Crippen molar-refractivity contribution in [2.75, 3.05) is 28.4 Å². The van der Waals surface area contributed by atoms with Gasteiger partial charge in [0.2, 0.25) is 0 Å². The van der Waals surface area contributed by atoms with Gasteiger partial charge in [0.1, 0.15) is 23.3 Å². The summed E-state index contributed by atoms with van der Waals surface area (Å²) in [6.45, 7) is 8.33. The summed E-state index contributed by atoms with van der Waals surface area (Å²) in [6.07, 6.45) is 6.25. The van der Waals surface area contributed by atoms with E-state index in [1.807, 2.05) is 12.1 Å². The van der Waals surface area contributed by atoms with Gasteiger partial charge in [-0.05, 0) is 74.0 Å². The summed E-state index contributed by atoms with van der Waals surface area (Å²) >= 11 is 5.33. The Kier molecular flexibility index (Phi) is 13.7. The average Bonchev–Trinajstić information content (AvgIpc) is 3.87. The van der Waals surface area contributed by atoms with Crippen LogP contribution in [0, 0.1) is 29.6 Å². The molecule has 11 heteroatoms. The second-order valence-corrected chi connectivity index (χ2v) is 17.8. The molecule has 6 rings (SSSR count). The number of rotatable bonds is 12. The molecule has 5 unspecified atom stereocenters. The van der Waals surface area contributed by atoms with Gasteiger partial charge < -0.3 is 28.4 Å². The molecule has 1 saturated heterocycles. The predicted molar refractivity (Wildman–Crippen MR) is 209 cm³/mol. The first-order chi connectivity index (χ1) is 25.5. The molecule has 0 amide bonds. The second-order valence-electron chi connectivity index (χ2n) is 15.8. The van der Waals surface area contributed by atoms with Crippen LogP contribution in [0.4, 0.5) is 0 Å². The zero-order valence-corrected chi connectivity index (χ0v) is 35.0. The number of allylic oxidation sites excluding steroid dienone is 2. The highest BCUT2D eigenvalue weighted by molar-refractivity contribution is 9.10. The smallest absolute Gasteiger partial charge is 0.306 e. The minimum Gasteiger partial charge on any atom is -0.462 e. The Labute approximate surface area is 328 Å². The van der Waals surface area contributed by atoms with Crippen molar-refractivity contribution < 1.29 is 38.0 Å². The Morgan fingerprint density at radius 1 is 0.925 bits per heavy atom. The highest BCUT2D eigenvalue weighted by Crippen LogP contribution is 2.63. The van der Waals surface area contributed by atoms with Gasteiger partial charge >= 0.3 is 5.97 Å². The van der Waals surface area contributed by atoms with E-state index in [4.69, 9.17) is 33.4 Å². The number of aromatic nitrogens is 1. The van der Waals surface area contributed by atoms with E-state index in [0.717, 1.165) is 71.3 Å². The lowest BCUT2D eigenvalue weighted by Crippen LogP contribution is -2.51. The SMILES string of the molecule is CC[C@H]1CCCC[C@@H](C)C(=O)C2=C[C@@H]3[C@@H](c4nc(-c5ccc(Br)cc5)sc4C4C[C@@H](OC(OC)C(OC)C(OC)C(OC)C(C)C)C[C@H]43)[C@@H]2CC(=O)O1. The first kappa shape index (κ1) is 40.7. The molecule has 3 aliphatic carbocycles. The maximum absolute atomic E-state index is 14.3. The molecule has 0 bridgehead atoms. The van der Waals surface area contributed by atoms with E-state index in [1.165, 1.54) is 4.88 Å². The van der Waals surface area contributed by atoms with Crippen LogP contribution in [0.1, 0.15) is 101 Å². The van der Waals surface area contributed by atoms with Crippen molar-refractivity contribution in [2.45, 2.75) is 128 Å². The number of hydrogen-bond acceptors (Lipinski definition) is 10. The molecule has 9 nitrogen and oxygen atoms in total. The summed E-state index contributed by atoms with van der Waals surface area (Å²) in [4.78, 5) is 34.7. The third kappa shape index (κ3) is 8.42. The number of methoxy groups -OCH3 is 4. The van der Waals surface area contributed by atoms with E-state index in [0.29, 0.717) is 0 Å². The molecular weight excluding hydrogens is 758 g/mol. The molecule has 1 aliphatic heterocycles. The van der Waals surface area contributed by atoms with Crippen molar-refractivity contribution in [3.8, 4) is 10.6 Å². The number of cyclic esters (lactones) is 1. The molecule has 0 spiro atoms. The van der Waals surface area contributed by atoms with Crippen molar-refractivity contribution >= 4 is 39.0 Å².